The molecule has 1 unspecified atom stereocenters. The van der Waals surface area contributed by atoms with E-state index in [9.17, 15) is 4.79 Å². The Morgan fingerprint density at radius 1 is 1.14 bits per heavy atom. The van der Waals surface area contributed by atoms with Crippen molar-refractivity contribution in [3.05, 3.63) is 60.0 Å². The maximum atomic E-state index is 12.7. The number of likely N-dealkylation sites (tertiary alicyclic amines) is 1. The summed E-state index contributed by atoms with van der Waals surface area (Å²) >= 11 is 0. The van der Waals surface area contributed by atoms with Gasteiger partial charge in [-0.15, -0.1) is 0 Å². The molecule has 3 aromatic rings. The van der Waals surface area contributed by atoms with E-state index in [0.717, 1.165) is 49.3 Å². The number of nitrogens with zero attached hydrogens (tertiary/aromatic N) is 3. The fourth-order valence-electron chi connectivity index (χ4n) is 4.35. The molecule has 2 aromatic carbocycles. The molecule has 1 amide bonds. The van der Waals surface area contributed by atoms with Crippen LogP contribution in [-0.2, 0) is 17.8 Å². The van der Waals surface area contributed by atoms with E-state index in [1.807, 2.05) is 43.3 Å². The van der Waals surface area contributed by atoms with Crippen LogP contribution in [0.4, 0.5) is 0 Å². The fourth-order valence-corrected chi connectivity index (χ4v) is 4.35. The lowest BCUT2D eigenvalue weighted by Gasteiger charge is -2.30. The fraction of sp³-hybridized carbons (Fsp3) is 0.444. The number of ether oxygens (including phenoxy) is 2. The second-order valence-electron chi connectivity index (χ2n) is 8.79. The molecule has 8 nitrogen and oxygen atoms in total. The van der Waals surface area contributed by atoms with Crippen LogP contribution in [0.2, 0.25) is 0 Å². The van der Waals surface area contributed by atoms with Crippen molar-refractivity contribution in [1.82, 2.24) is 20.4 Å². The number of carbonyl (C=O) groups is 1. The van der Waals surface area contributed by atoms with Gasteiger partial charge in [0.15, 0.2) is 0 Å². The Morgan fingerprint density at radius 3 is 2.66 bits per heavy atom. The van der Waals surface area contributed by atoms with E-state index in [2.05, 4.69) is 32.5 Å². The quantitative estimate of drug-likeness (QED) is 0.415. The molecule has 1 N–H and O–H groups in total. The van der Waals surface area contributed by atoms with Crippen LogP contribution >= 0.6 is 0 Å². The van der Waals surface area contributed by atoms with Gasteiger partial charge in [0, 0.05) is 18.7 Å². The van der Waals surface area contributed by atoms with Crippen molar-refractivity contribution in [2.24, 2.45) is 5.92 Å². The molecule has 8 heteroatoms. The summed E-state index contributed by atoms with van der Waals surface area (Å²) in [5.41, 5.74) is 2.13. The van der Waals surface area contributed by atoms with E-state index >= 15 is 0 Å². The number of hydrogen-bond donors (Lipinski definition) is 1. The van der Waals surface area contributed by atoms with Gasteiger partial charge >= 0.3 is 0 Å². The van der Waals surface area contributed by atoms with Crippen LogP contribution < -0.4 is 14.8 Å². The second-order valence-corrected chi connectivity index (χ2v) is 8.79. The van der Waals surface area contributed by atoms with E-state index in [-0.39, 0.29) is 11.8 Å². The smallest absolute Gasteiger partial charge is 0.241 e. The van der Waals surface area contributed by atoms with Gasteiger partial charge in [0.25, 0.3) is 0 Å². The highest BCUT2D eigenvalue weighted by Gasteiger charge is 2.26. The second kappa shape index (κ2) is 12.4. The summed E-state index contributed by atoms with van der Waals surface area (Å²) in [7, 11) is 1.64. The van der Waals surface area contributed by atoms with E-state index in [4.69, 9.17) is 14.0 Å². The molecule has 0 spiro atoms. The first-order valence-electron chi connectivity index (χ1n) is 12.3. The zero-order chi connectivity index (χ0) is 24.5. The molecule has 0 radical (unpaired) electrons. The van der Waals surface area contributed by atoms with Crippen molar-refractivity contribution in [2.45, 2.75) is 39.2 Å². The Morgan fingerprint density at radius 2 is 1.91 bits per heavy atom. The normalized spacial score (nSPS) is 16.1. The number of rotatable bonds is 11. The molecule has 186 valence electrons. The predicted molar refractivity (Wildman–Crippen MR) is 133 cm³/mol. The maximum absolute atomic E-state index is 12.7. The van der Waals surface area contributed by atoms with Gasteiger partial charge in [0.1, 0.15) is 11.5 Å². The molecule has 0 aliphatic carbocycles. The first-order valence-corrected chi connectivity index (χ1v) is 12.3. The van der Waals surface area contributed by atoms with Gasteiger partial charge in [-0.25, -0.2) is 0 Å². The molecule has 1 atom stereocenters. The summed E-state index contributed by atoms with van der Waals surface area (Å²) in [6, 6.07) is 15.7. The lowest BCUT2D eigenvalue weighted by molar-refractivity contribution is -0.126. The Balaban J connectivity index is 1.20. The van der Waals surface area contributed by atoms with E-state index in [1.54, 1.807) is 7.11 Å². The standard InChI is InChI=1S/C27H34N4O4/c1-3-34-24-12-8-20(9-13-24)6-4-16-28-27(32)22-7-5-17-31(18-22)19-25-29-26(30-35-25)21-10-14-23(33-2)15-11-21/h8-15,22H,3-7,16-19H2,1-2H3,(H,28,32). The Kier molecular flexibility index (Phi) is 8.73. The summed E-state index contributed by atoms with van der Waals surface area (Å²) < 4.78 is 16.2. The van der Waals surface area contributed by atoms with Crippen molar-refractivity contribution in [2.75, 3.05) is 33.4 Å². The van der Waals surface area contributed by atoms with Gasteiger partial charge in [-0.05, 0) is 81.1 Å². The van der Waals surface area contributed by atoms with E-state index in [1.165, 1.54) is 5.56 Å². The molecule has 0 saturated carbocycles. The molecule has 1 fully saturated rings. The molecular formula is C27H34N4O4. The summed E-state index contributed by atoms with van der Waals surface area (Å²) in [6.45, 7) is 5.49. The molecular weight excluding hydrogens is 444 g/mol. The van der Waals surface area contributed by atoms with Crippen LogP contribution in [0.5, 0.6) is 11.5 Å². The van der Waals surface area contributed by atoms with Crippen molar-refractivity contribution in [1.29, 1.82) is 0 Å². The zero-order valence-electron chi connectivity index (χ0n) is 20.5. The molecule has 1 saturated heterocycles. The Hall–Kier alpha value is -3.39. The van der Waals surface area contributed by atoms with Gasteiger partial charge in [-0.1, -0.05) is 17.3 Å². The molecule has 1 aromatic heterocycles. The van der Waals surface area contributed by atoms with Gasteiger partial charge < -0.3 is 19.3 Å². The number of aromatic nitrogens is 2. The van der Waals surface area contributed by atoms with Gasteiger partial charge in [-0.2, -0.15) is 4.98 Å². The third-order valence-electron chi connectivity index (χ3n) is 6.23. The highest BCUT2D eigenvalue weighted by Crippen LogP contribution is 2.22. The van der Waals surface area contributed by atoms with Gasteiger partial charge in [0.2, 0.25) is 17.6 Å². The van der Waals surface area contributed by atoms with Crippen molar-refractivity contribution < 1.29 is 18.8 Å². The number of hydrogen-bond acceptors (Lipinski definition) is 7. The number of aryl methyl sites for hydroxylation is 1. The number of piperidine rings is 1. The van der Waals surface area contributed by atoms with Crippen LogP contribution in [0, 0.1) is 5.92 Å². The number of carbonyl (C=O) groups excluding carboxylic acids is 1. The van der Waals surface area contributed by atoms with Crippen LogP contribution in [0.25, 0.3) is 11.4 Å². The van der Waals surface area contributed by atoms with Crippen LogP contribution in [-0.4, -0.2) is 54.3 Å². The minimum atomic E-state index is -0.0155. The predicted octanol–water partition coefficient (Wildman–Crippen LogP) is 4.10. The number of methoxy groups -OCH3 is 1. The van der Waals surface area contributed by atoms with Crippen LogP contribution in [0.3, 0.4) is 0 Å². The average Bonchev–Trinajstić information content (AvgIpc) is 3.36. The first-order chi connectivity index (χ1) is 17.1. The Bertz CT molecular complexity index is 1070. The number of amides is 1. The largest absolute Gasteiger partial charge is 0.497 e. The highest BCUT2D eigenvalue weighted by atomic mass is 16.5. The molecule has 1 aliphatic heterocycles. The minimum Gasteiger partial charge on any atom is -0.497 e. The highest BCUT2D eigenvalue weighted by molar-refractivity contribution is 5.78. The zero-order valence-corrected chi connectivity index (χ0v) is 20.5. The van der Waals surface area contributed by atoms with Crippen molar-refractivity contribution >= 4 is 5.91 Å². The maximum Gasteiger partial charge on any atom is 0.241 e. The summed E-state index contributed by atoms with van der Waals surface area (Å²) in [5, 5.41) is 7.23. The first kappa shape index (κ1) is 24.7. The SMILES string of the molecule is CCOc1ccc(CCCNC(=O)C2CCCN(Cc3nc(-c4ccc(OC)cc4)no3)C2)cc1. The summed E-state index contributed by atoms with van der Waals surface area (Å²) in [6.07, 6.45) is 3.72. The molecule has 35 heavy (non-hydrogen) atoms. The summed E-state index contributed by atoms with van der Waals surface area (Å²) in [5.74, 6) is 2.91. The topological polar surface area (TPSA) is 89.7 Å². The molecule has 1 aliphatic rings. The monoisotopic (exact) mass is 478 g/mol. The minimum absolute atomic E-state index is 0.0155. The molecule has 4 rings (SSSR count). The van der Waals surface area contributed by atoms with Crippen LogP contribution in [0.1, 0.15) is 37.6 Å². The van der Waals surface area contributed by atoms with Crippen molar-refractivity contribution in [3.63, 3.8) is 0 Å². The molecule has 0 bridgehead atoms. The van der Waals surface area contributed by atoms with Gasteiger partial charge in [-0.3, -0.25) is 9.69 Å². The third kappa shape index (κ3) is 7.05. The van der Waals surface area contributed by atoms with E-state index < -0.39 is 0 Å². The lowest BCUT2D eigenvalue weighted by Crippen LogP contribution is -2.43. The Labute approximate surface area is 206 Å². The van der Waals surface area contributed by atoms with Gasteiger partial charge in [0.05, 0.1) is 26.2 Å². The van der Waals surface area contributed by atoms with Crippen LogP contribution in [0.15, 0.2) is 53.1 Å². The summed E-state index contributed by atoms with van der Waals surface area (Å²) in [4.78, 5) is 19.5. The lowest BCUT2D eigenvalue weighted by atomic mass is 9.97. The number of benzene rings is 2. The average molecular weight is 479 g/mol. The van der Waals surface area contributed by atoms with Crippen molar-refractivity contribution in [3.8, 4) is 22.9 Å². The van der Waals surface area contributed by atoms with E-state index in [0.29, 0.717) is 38.0 Å². The third-order valence-corrected chi connectivity index (χ3v) is 6.23. The molecule has 2 heterocycles. The number of nitrogens with one attached hydrogen (secondary N) is 1.